The van der Waals surface area contributed by atoms with E-state index in [1.54, 1.807) is 18.2 Å². The van der Waals surface area contributed by atoms with Crippen molar-refractivity contribution in [3.8, 4) is 0 Å². The second-order valence-electron chi connectivity index (χ2n) is 3.13. The molecule has 0 fully saturated rings. The summed E-state index contributed by atoms with van der Waals surface area (Å²) >= 11 is 11.7. The molecule has 2 amide bonds. The standard InChI is InChI=1S/C10H13Cl2N3O/c1-2-5-13-10(16)15-14-9-6-7(11)3-4-8(9)12/h3-4,6,14H,2,5H2,1H3,(H2,13,15,16). The molecule has 0 saturated carbocycles. The molecule has 0 aliphatic heterocycles. The number of anilines is 1. The van der Waals surface area contributed by atoms with Gasteiger partial charge in [-0.25, -0.2) is 4.79 Å². The maximum Gasteiger partial charge on any atom is 0.333 e. The van der Waals surface area contributed by atoms with E-state index in [9.17, 15) is 4.79 Å². The molecule has 0 atom stereocenters. The normalized spacial score (nSPS) is 9.69. The fraction of sp³-hybridized carbons (Fsp3) is 0.300. The van der Waals surface area contributed by atoms with Gasteiger partial charge in [0, 0.05) is 11.6 Å². The molecule has 88 valence electrons. The summed E-state index contributed by atoms with van der Waals surface area (Å²) in [6, 6.07) is 4.64. The monoisotopic (exact) mass is 261 g/mol. The van der Waals surface area contributed by atoms with Gasteiger partial charge in [-0.3, -0.25) is 10.9 Å². The molecule has 3 N–H and O–H groups in total. The Morgan fingerprint density at radius 1 is 1.38 bits per heavy atom. The number of amides is 2. The maximum absolute atomic E-state index is 11.2. The van der Waals surface area contributed by atoms with Crippen LogP contribution in [-0.2, 0) is 0 Å². The van der Waals surface area contributed by atoms with E-state index in [4.69, 9.17) is 23.2 Å². The molecule has 0 aliphatic carbocycles. The van der Waals surface area contributed by atoms with Crippen molar-refractivity contribution in [1.82, 2.24) is 10.7 Å². The summed E-state index contributed by atoms with van der Waals surface area (Å²) in [6.07, 6.45) is 0.880. The highest BCUT2D eigenvalue weighted by atomic mass is 35.5. The highest BCUT2D eigenvalue weighted by Gasteiger charge is 2.02. The van der Waals surface area contributed by atoms with Gasteiger partial charge in [0.1, 0.15) is 0 Å². The van der Waals surface area contributed by atoms with Gasteiger partial charge in [-0.15, -0.1) is 0 Å². The molecule has 0 saturated heterocycles. The Kier molecular flexibility index (Phi) is 5.22. The number of hydrogen-bond acceptors (Lipinski definition) is 2. The lowest BCUT2D eigenvalue weighted by atomic mass is 10.3. The van der Waals surface area contributed by atoms with Crippen LogP contribution < -0.4 is 16.2 Å². The molecule has 1 rings (SSSR count). The first-order valence-electron chi connectivity index (χ1n) is 4.88. The number of urea groups is 1. The van der Waals surface area contributed by atoms with E-state index < -0.39 is 0 Å². The average molecular weight is 262 g/mol. The molecule has 6 heteroatoms. The quantitative estimate of drug-likeness (QED) is 0.730. The fourth-order valence-corrected chi connectivity index (χ4v) is 1.34. The zero-order valence-electron chi connectivity index (χ0n) is 8.81. The van der Waals surface area contributed by atoms with E-state index in [1.165, 1.54) is 0 Å². The lowest BCUT2D eigenvalue weighted by Crippen LogP contribution is -2.39. The topological polar surface area (TPSA) is 53.2 Å². The molecule has 1 aromatic carbocycles. The van der Waals surface area contributed by atoms with Crippen LogP contribution in [-0.4, -0.2) is 12.6 Å². The van der Waals surface area contributed by atoms with E-state index in [0.717, 1.165) is 6.42 Å². The highest BCUT2D eigenvalue weighted by molar-refractivity contribution is 6.35. The number of rotatable bonds is 4. The first-order chi connectivity index (χ1) is 7.63. The summed E-state index contributed by atoms with van der Waals surface area (Å²) in [5, 5.41) is 3.68. The summed E-state index contributed by atoms with van der Waals surface area (Å²) in [7, 11) is 0. The molecule has 0 bridgehead atoms. The van der Waals surface area contributed by atoms with E-state index in [0.29, 0.717) is 22.3 Å². The molecular weight excluding hydrogens is 249 g/mol. The third-order valence-electron chi connectivity index (χ3n) is 1.77. The summed E-state index contributed by atoms with van der Waals surface area (Å²) in [5.74, 6) is 0. The molecule has 0 radical (unpaired) electrons. The van der Waals surface area contributed by atoms with Crippen LogP contribution in [0.2, 0.25) is 10.0 Å². The van der Waals surface area contributed by atoms with Crippen molar-refractivity contribution >= 4 is 34.9 Å². The van der Waals surface area contributed by atoms with Crippen LogP contribution in [0.4, 0.5) is 10.5 Å². The Balaban J connectivity index is 2.47. The summed E-state index contributed by atoms with van der Waals surface area (Å²) in [4.78, 5) is 11.2. The van der Waals surface area contributed by atoms with Gasteiger partial charge in [-0.05, 0) is 24.6 Å². The number of carbonyl (C=O) groups excluding carboxylic acids is 1. The second kappa shape index (κ2) is 6.45. The van der Waals surface area contributed by atoms with Gasteiger partial charge >= 0.3 is 6.03 Å². The number of hydrazine groups is 1. The highest BCUT2D eigenvalue weighted by Crippen LogP contribution is 2.24. The molecule has 1 aromatic rings. The summed E-state index contributed by atoms with van der Waals surface area (Å²) in [5.41, 5.74) is 5.70. The van der Waals surface area contributed by atoms with Crippen LogP contribution in [0.5, 0.6) is 0 Å². The summed E-state index contributed by atoms with van der Waals surface area (Å²) < 4.78 is 0. The van der Waals surface area contributed by atoms with Crippen LogP contribution in [0.3, 0.4) is 0 Å². The molecule has 4 nitrogen and oxygen atoms in total. The summed E-state index contributed by atoms with van der Waals surface area (Å²) in [6.45, 7) is 2.60. The van der Waals surface area contributed by atoms with E-state index in [-0.39, 0.29) is 6.03 Å². The Morgan fingerprint density at radius 2 is 2.12 bits per heavy atom. The Bertz CT molecular complexity index is 371. The first-order valence-corrected chi connectivity index (χ1v) is 5.64. The van der Waals surface area contributed by atoms with Crippen LogP contribution in [0.25, 0.3) is 0 Å². The van der Waals surface area contributed by atoms with Crippen LogP contribution in [0.15, 0.2) is 18.2 Å². The predicted octanol–water partition coefficient (Wildman–Crippen LogP) is 3.03. The number of benzene rings is 1. The number of nitrogens with one attached hydrogen (secondary N) is 3. The van der Waals surface area contributed by atoms with Gasteiger partial charge in [0.15, 0.2) is 0 Å². The number of halogens is 2. The minimum atomic E-state index is -0.308. The van der Waals surface area contributed by atoms with Gasteiger partial charge in [-0.1, -0.05) is 30.1 Å². The fourth-order valence-electron chi connectivity index (χ4n) is 1.00. The van der Waals surface area contributed by atoms with Gasteiger partial charge < -0.3 is 5.32 Å². The zero-order valence-corrected chi connectivity index (χ0v) is 10.3. The molecule has 0 aromatic heterocycles. The minimum Gasteiger partial charge on any atom is -0.337 e. The predicted molar refractivity (Wildman–Crippen MR) is 66.9 cm³/mol. The van der Waals surface area contributed by atoms with Crippen molar-refractivity contribution in [3.63, 3.8) is 0 Å². The van der Waals surface area contributed by atoms with Crippen molar-refractivity contribution in [1.29, 1.82) is 0 Å². The van der Waals surface area contributed by atoms with Gasteiger partial charge in [0.05, 0.1) is 10.7 Å². The Hall–Kier alpha value is -1.13. The molecule has 0 unspecified atom stereocenters. The van der Waals surface area contributed by atoms with Crippen molar-refractivity contribution in [2.75, 3.05) is 12.0 Å². The molecule has 0 spiro atoms. The number of hydrogen-bond donors (Lipinski definition) is 3. The molecule has 16 heavy (non-hydrogen) atoms. The average Bonchev–Trinajstić information content (AvgIpc) is 2.27. The van der Waals surface area contributed by atoms with Crippen molar-refractivity contribution in [2.45, 2.75) is 13.3 Å². The van der Waals surface area contributed by atoms with Crippen LogP contribution >= 0.6 is 23.2 Å². The third-order valence-corrected chi connectivity index (χ3v) is 2.34. The SMILES string of the molecule is CCCNC(=O)NNc1cc(Cl)ccc1Cl. The van der Waals surface area contributed by atoms with E-state index >= 15 is 0 Å². The lowest BCUT2D eigenvalue weighted by molar-refractivity contribution is 0.243. The Morgan fingerprint density at radius 3 is 2.81 bits per heavy atom. The maximum atomic E-state index is 11.2. The third kappa shape index (κ3) is 4.16. The minimum absolute atomic E-state index is 0.308. The van der Waals surface area contributed by atoms with Gasteiger partial charge in [0.2, 0.25) is 0 Å². The first kappa shape index (κ1) is 12.9. The molecule has 0 heterocycles. The van der Waals surface area contributed by atoms with E-state index in [1.807, 2.05) is 6.92 Å². The van der Waals surface area contributed by atoms with Crippen molar-refractivity contribution in [2.24, 2.45) is 0 Å². The van der Waals surface area contributed by atoms with Gasteiger partial charge in [-0.2, -0.15) is 0 Å². The lowest BCUT2D eigenvalue weighted by Gasteiger charge is -2.10. The smallest absolute Gasteiger partial charge is 0.333 e. The largest absolute Gasteiger partial charge is 0.337 e. The van der Waals surface area contributed by atoms with Crippen LogP contribution in [0, 0.1) is 0 Å². The van der Waals surface area contributed by atoms with Gasteiger partial charge in [0.25, 0.3) is 0 Å². The van der Waals surface area contributed by atoms with Crippen molar-refractivity contribution < 1.29 is 4.79 Å². The van der Waals surface area contributed by atoms with Crippen LogP contribution in [0.1, 0.15) is 13.3 Å². The Labute approximate surface area is 104 Å². The second-order valence-corrected chi connectivity index (χ2v) is 3.97. The molecule has 0 aliphatic rings. The van der Waals surface area contributed by atoms with Crippen molar-refractivity contribution in [3.05, 3.63) is 28.2 Å². The number of carbonyl (C=O) groups is 1. The molecular formula is C10H13Cl2N3O. The van der Waals surface area contributed by atoms with E-state index in [2.05, 4.69) is 16.2 Å². The zero-order chi connectivity index (χ0) is 12.0.